The first-order chi connectivity index (χ1) is 16.8. The highest BCUT2D eigenvalue weighted by Crippen LogP contribution is 2.35. The van der Waals surface area contributed by atoms with Gasteiger partial charge in [0.05, 0.1) is 33.5 Å². The van der Waals surface area contributed by atoms with Crippen LogP contribution in [0, 0.1) is 6.92 Å². The molecule has 0 aliphatic carbocycles. The average molecular weight is 436 g/mol. The van der Waals surface area contributed by atoms with E-state index in [0.29, 0.717) is 0 Å². The molecule has 2 aromatic heterocycles. The average Bonchev–Trinajstić information content (AvgIpc) is 3.21. The molecule has 0 unspecified atom stereocenters. The topological polar surface area (TPSA) is 30.7 Å². The second-order valence-electron chi connectivity index (χ2n) is 8.77. The van der Waals surface area contributed by atoms with Gasteiger partial charge in [-0.2, -0.15) is 0 Å². The lowest BCUT2D eigenvalue weighted by atomic mass is 10.1. The van der Waals surface area contributed by atoms with Crippen LogP contribution in [-0.4, -0.2) is 14.5 Å². The van der Waals surface area contributed by atoms with Gasteiger partial charge < -0.3 is 4.57 Å². The predicted octanol–water partition coefficient (Wildman–Crippen LogP) is 7.86. The van der Waals surface area contributed by atoms with Crippen LogP contribution in [0.25, 0.3) is 60.6 Å². The van der Waals surface area contributed by atoms with Gasteiger partial charge in [-0.25, -0.2) is 9.97 Å². The summed E-state index contributed by atoms with van der Waals surface area (Å²) in [5.74, 6) is 0. The molecule has 7 rings (SSSR count). The number of aryl methyl sites for hydroxylation is 1. The number of aromatic nitrogens is 3. The van der Waals surface area contributed by atoms with Crippen molar-refractivity contribution in [2.75, 3.05) is 0 Å². The molecular weight excluding hydrogens is 414 g/mol. The molecule has 34 heavy (non-hydrogen) atoms. The summed E-state index contributed by atoms with van der Waals surface area (Å²) in [6.45, 7) is 2.05. The van der Waals surface area contributed by atoms with Crippen molar-refractivity contribution in [2.45, 2.75) is 6.92 Å². The first-order valence-electron chi connectivity index (χ1n) is 11.5. The number of nitrogens with zero attached hydrogens (tertiary/aromatic N) is 3. The molecule has 160 valence electrons. The van der Waals surface area contributed by atoms with Crippen molar-refractivity contribution in [3.05, 3.63) is 115 Å². The number of fused-ring (bicyclic) bond motifs is 5. The number of para-hydroxylation sites is 2. The summed E-state index contributed by atoms with van der Waals surface area (Å²) >= 11 is 0. The molecule has 0 atom stereocenters. The maximum Gasteiger partial charge on any atom is 0.0923 e. The van der Waals surface area contributed by atoms with Crippen LogP contribution in [0.5, 0.6) is 0 Å². The lowest BCUT2D eigenvalue weighted by Gasteiger charge is -2.10. The fraction of sp³-hybridized carbons (Fsp3) is 0.0323. The van der Waals surface area contributed by atoms with E-state index >= 15 is 0 Å². The molecule has 0 saturated carbocycles. The van der Waals surface area contributed by atoms with Crippen molar-refractivity contribution < 1.29 is 0 Å². The van der Waals surface area contributed by atoms with Crippen molar-refractivity contribution in [2.24, 2.45) is 0 Å². The largest absolute Gasteiger partial charge is 0.309 e. The molecule has 0 radical (unpaired) electrons. The minimum Gasteiger partial charge on any atom is -0.309 e. The van der Waals surface area contributed by atoms with Crippen LogP contribution in [0.1, 0.15) is 5.69 Å². The van der Waals surface area contributed by atoms with Crippen LogP contribution in [0.4, 0.5) is 0 Å². The summed E-state index contributed by atoms with van der Waals surface area (Å²) in [5, 5.41) is 4.85. The summed E-state index contributed by atoms with van der Waals surface area (Å²) in [6, 6.07) is 38.4. The van der Waals surface area contributed by atoms with Crippen LogP contribution in [0.2, 0.25) is 0 Å². The van der Waals surface area contributed by atoms with Crippen molar-refractivity contribution in [3.8, 4) is 16.9 Å². The molecule has 0 aliphatic rings. The summed E-state index contributed by atoms with van der Waals surface area (Å²) in [6.07, 6.45) is 0. The summed E-state index contributed by atoms with van der Waals surface area (Å²) in [5.41, 5.74) is 8.31. The van der Waals surface area contributed by atoms with Crippen LogP contribution in [0.3, 0.4) is 0 Å². The van der Waals surface area contributed by atoms with Gasteiger partial charge in [-0.05, 0) is 54.1 Å². The number of hydrogen-bond acceptors (Lipinski definition) is 2. The Labute approximate surface area is 196 Å². The maximum atomic E-state index is 5.09. The third kappa shape index (κ3) is 2.84. The van der Waals surface area contributed by atoms with E-state index in [1.165, 1.54) is 32.6 Å². The van der Waals surface area contributed by atoms with Gasteiger partial charge in [0.25, 0.3) is 0 Å². The fourth-order valence-electron chi connectivity index (χ4n) is 5.08. The van der Waals surface area contributed by atoms with Gasteiger partial charge in [-0.3, -0.25) is 0 Å². The van der Waals surface area contributed by atoms with Gasteiger partial charge in [0.1, 0.15) is 0 Å². The van der Waals surface area contributed by atoms with E-state index in [9.17, 15) is 0 Å². The standard InChI is InChI=1S/C31H21N3/c1-20-31(33-28-18-22-10-6-5-9-21(22)17-27(28)32-20)23-15-16-26-25-13-7-8-14-29(25)34(30(26)19-23)24-11-3-2-4-12-24/h2-19H,1H3. The Kier molecular flexibility index (Phi) is 4.06. The van der Waals surface area contributed by atoms with E-state index in [4.69, 9.17) is 9.97 Å². The lowest BCUT2D eigenvalue weighted by molar-refractivity contribution is 1.17. The van der Waals surface area contributed by atoms with E-state index in [1.54, 1.807) is 0 Å². The molecule has 0 saturated heterocycles. The van der Waals surface area contributed by atoms with E-state index in [-0.39, 0.29) is 0 Å². The third-order valence-electron chi connectivity index (χ3n) is 6.67. The molecule has 0 aliphatic heterocycles. The maximum absolute atomic E-state index is 5.09. The quantitative estimate of drug-likeness (QED) is 0.259. The van der Waals surface area contributed by atoms with Gasteiger partial charge in [0, 0.05) is 22.0 Å². The Hall–Kier alpha value is -4.50. The third-order valence-corrected chi connectivity index (χ3v) is 6.67. The van der Waals surface area contributed by atoms with Crippen LogP contribution in [0.15, 0.2) is 109 Å². The first-order valence-corrected chi connectivity index (χ1v) is 11.5. The number of hydrogen-bond donors (Lipinski definition) is 0. The second-order valence-corrected chi connectivity index (χ2v) is 8.77. The summed E-state index contributed by atoms with van der Waals surface area (Å²) < 4.78 is 2.34. The molecule has 2 heterocycles. The lowest BCUT2D eigenvalue weighted by Crippen LogP contribution is -1.96. The fourth-order valence-corrected chi connectivity index (χ4v) is 5.08. The normalized spacial score (nSPS) is 11.7. The zero-order chi connectivity index (χ0) is 22.6. The minimum atomic E-state index is 0.919. The van der Waals surface area contributed by atoms with Gasteiger partial charge in [-0.1, -0.05) is 72.8 Å². The number of benzene rings is 5. The highest BCUT2D eigenvalue weighted by Gasteiger charge is 2.15. The predicted molar refractivity (Wildman–Crippen MR) is 142 cm³/mol. The Morgan fingerprint density at radius 1 is 0.559 bits per heavy atom. The molecule has 0 N–H and O–H groups in total. The zero-order valence-corrected chi connectivity index (χ0v) is 18.7. The van der Waals surface area contributed by atoms with Crippen LogP contribution in [-0.2, 0) is 0 Å². The molecule has 3 heteroatoms. The Balaban J connectivity index is 1.50. The molecule has 0 amide bonds. The van der Waals surface area contributed by atoms with Crippen LogP contribution < -0.4 is 0 Å². The summed E-state index contributed by atoms with van der Waals surface area (Å²) in [7, 11) is 0. The summed E-state index contributed by atoms with van der Waals surface area (Å²) in [4.78, 5) is 10.0. The molecule has 0 spiro atoms. The molecular formula is C31H21N3. The smallest absolute Gasteiger partial charge is 0.0923 e. The number of rotatable bonds is 2. The van der Waals surface area contributed by atoms with Crippen molar-refractivity contribution >= 4 is 43.6 Å². The Bertz CT molecular complexity index is 1860. The SMILES string of the molecule is Cc1nc2cc3ccccc3cc2nc1-c1ccc2c3ccccc3n(-c3ccccc3)c2c1. The van der Waals surface area contributed by atoms with Crippen molar-refractivity contribution in [1.29, 1.82) is 0 Å². The molecule has 0 bridgehead atoms. The highest BCUT2D eigenvalue weighted by atomic mass is 15.0. The molecule has 0 fully saturated rings. The second kappa shape index (κ2) is 7.26. The minimum absolute atomic E-state index is 0.919. The van der Waals surface area contributed by atoms with Gasteiger partial charge in [0.2, 0.25) is 0 Å². The van der Waals surface area contributed by atoms with E-state index < -0.39 is 0 Å². The Morgan fingerprint density at radius 2 is 1.21 bits per heavy atom. The molecule has 5 aromatic carbocycles. The van der Waals surface area contributed by atoms with Gasteiger partial charge in [-0.15, -0.1) is 0 Å². The van der Waals surface area contributed by atoms with Crippen LogP contribution >= 0.6 is 0 Å². The first kappa shape index (κ1) is 19.0. The van der Waals surface area contributed by atoms with Crippen molar-refractivity contribution in [1.82, 2.24) is 14.5 Å². The van der Waals surface area contributed by atoms with Gasteiger partial charge in [0.15, 0.2) is 0 Å². The Morgan fingerprint density at radius 3 is 2.00 bits per heavy atom. The van der Waals surface area contributed by atoms with E-state index in [0.717, 1.165) is 33.7 Å². The molecule has 7 aromatic rings. The monoisotopic (exact) mass is 435 g/mol. The molecule has 3 nitrogen and oxygen atoms in total. The zero-order valence-electron chi connectivity index (χ0n) is 18.7. The highest BCUT2D eigenvalue weighted by molar-refractivity contribution is 6.10. The van der Waals surface area contributed by atoms with E-state index in [1.807, 2.05) is 6.92 Å². The van der Waals surface area contributed by atoms with Crippen molar-refractivity contribution in [3.63, 3.8) is 0 Å². The van der Waals surface area contributed by atoms with Gasteiger partial charge >= 0.3 is 0 Å². The van der Waals surface area contributed by atoms with E-state index in [2.05, 4.69) is 114 Å².